The van der Waals surface area contributed by atoms with Gasteiger partial charge in [0, 0.05) is 27.4 Å². The van der Waals surface area contributed by atoms with Gasteiger partial charge < -0.3 is 5.32 Å². The highest BCUT2D eigenvalue weighted by Gasteiger charge is 2.10. The van der Waals surface area contributed by atoms with Gasteiger partial charge in [-0.15, -0.1) is 0 Å². The summed E-state index contributed by atoms with van der Waals surface area (Å²) in [6.07, 6.45) is 1.33. The van der Waals surface area contributed by atoms with Crippen molar-refractivity contribution in [3.8, 4) is 0 Å². The molecule has 29 heavy (non-hydrogen) atoms. The lowest BCUT2D eigenvalue weighted by Crippen LogP contribution is -2.18. The van der Waals surface area contributed by atoms with E-state index in [0.717, 1.165) is 15.8 Å². The molecule has 3 rings (SSSR count). The van der Waals surface area contributed by atoms with Gasteiger partial charge in [-0.25, -0.2) is 5.43 Å². The van der Waals surface area contributed by atoms with Gasteiger partial charge in [0.25, 0.3) is 11.8 Å². The molecule has 8 nitrogen and oxygen atoms in total. The summed E-state index contributed by atoms with van der Waals surface area (Å²) < 4.78 is 0.784. The average Bonchev–Trinajstić information content (AvgIpc) is 3.17. The van der Waals surface area contributed by atoms with Crippen molar-refractivity contribution in [3.63, 3.8) is 0 Å². The number of nitro groups is 1. The zero-order valence-corrected chi connectivity index (χ0v) is 17.1. The fourth-order valence-corrected chi connectivity index (χ4v) is 3.39. The molecule has 0 aliphatic heterocycles. The van der Waals surface area contributed by atoms with Crippen molar-refractivity contribution in [2.24, 2.45) is 5.10 Å². The van der Waals surface area contributed by atoms with Crippen LogP contribution in [0.5, 0.6) is 0 Å². The molecule has 0 bridgehead atoms. The molecule has 146 valence electrons. The zero-order chi connectivity index (χ0) is 20.8. The Hall–Kier alpha value is -3.37. The predicted molar refractivity (Wildman–Crippen MR) is 115 cm³/mol. The van der Waals surface area contributed by atoms with Crippen molar-refractivity contribution in [2.45, 2.75) is 0 Å². The predicted octanol–water partition coefficient (Wildman–Crippen LogP) is 4.44. The lowest BCUT2D eigenvalue weighted by molar-refractivity contribution is -0.380. The molecule has 10 heteroatoms. The number of amides is 2. The molecule has 3 aromatic rings. The first-order chi connectivity index (χ1) is 13.9. The number of hydrogen-bond donors (Lipinski definition) is 2. The Kier molecular flexibility index (Phi) is 6.47. The first-order valence-corrected chi connectivity index (χ1v) is 9.78. The molecule has 2 amide bonds. The fourth-order valence-electron chi connectivity index (χ4n) is 2.30. The van der Waals surface area contributed by atoms with E-state index in [9.17, 15) is 19.7 Å². The number of nitrogens with one attached hydrogen (secondary N) is 2. The Balaban J connectivity index is 1.63. The summed E-state index contributed by atoms with van der Waals surface area (Å²) in [7, 11) is 0. The van der Waals surface area contributed by atoms with Gasteiger partial charge in [-0.05, 0) is 42.5 Å². The molecule has 0 fully saturated rings. The first kappa shape index (κ1) is 20.4. The second-order valence-corrected chi connectivity index (χ2v) is 7.69. The molecule has 1 aromatic heterocycles. The minimum absolute atomic E-state index is 0.00772. The van der Waals surface area contributed by atoms with Crippen molar-refractivity contribution in [1.29, 1.82) is 0 Å². The smallest absolute Gasteiger partial charge is 0.322 e. The van der Waals surface area contributed by atoms with Gasteiger partial charge in [-0.3, -0.25) is 19.7 Å². The van der Waals surface area contributed by atoms with Crippen LogP contribution >= 0.6 is 27.3 Å². The molecule has 0 spiro atoms. The third-order valence-corrected chi connectivity index (χ3v) is 5.08. The Morgan fingerprint density at radius 1 is 1.03 bits per heavy atom. The van der Waals surface area contributed by atoms with Crippen molar-refractivity contribution in [3.05, 3.63) is 91.3 Å². The van der Waals surface area contributed by atoms with Crippen LogP contribution in [0, 0.1) is 10.1 Å². The maximum absolute atomic E-state index is 12.3. The van der Waals surface area contributed by atoms with E-state index in [1.807, 2.05) is 6.07 Å². The molecule has 0 unspecified atom stereocenters. The summed E-state index contributed by atoms with van der Waals surface area (Å²) in [5.74, 6) is -0.785. The standard InChI is InChI=1S/C19H13BrN4O4S/c20-14-5-1-3-12(9-14)18(25)22-15-6-2-4-13(10-15)19(26)23-21-11-16-7-8-17(29-16)24(27)28/h1-11H,(H,22,25)(H,23,26)/b21-11+. The number of hydrogen-bond acceptors (Lipinski definition) is 6. The maximum Gasteiger partial charge on any atom is 0.324 e. The number of benzene rings is 2. The van der Waals surface area contributed by atoms with Crippen LogP contribution < -0.4 is 10.7 Å². The van der Waals surface area contributed by atoms with Gasteiger partial charge in [0.05, 0.1) is 16.0 Å². The number of thiophene rings is 1. The minimum Gasteiger partial charge on any atom is -0.322 e. The van der Waals surface area contributed by atoms with Crippen LogP contribution in [0.3, 0.4) is 0 Å². The molecule has 0 saturated carbocycles. The number of rotatable bonds is 6. The van der Waals surface area contributed by atoms with Crippen molar-refractivity contribution in [2.75, 3.05) is 5.32 Å². The van der Waals surface area contributed by atoms with Crippen molar-refractivity contribution < 1.29 is 14.5 Å². The molecule has 0 aliphatic carbocycles. The summed E-state index contributed by atoms with van der Waals surface area (Å²) in [6.45, 7) is 0. The number of carbonyl (C=O) groups excluding carboxylic acids is 2. The Morgan fingerprint density at radius 2 is 1.76 bits per heavy atom. The summed E-state index contributed by atoms with van der Waals surface area (Å²) in [6, 6.07) is 16.3. The number of hydrazone groups is 1. The van der Waals surface area contributed by atoms with E-state index >= 15 is 0 Å². The topological polar surface area (TPSA) is 114 Å². The Bertz CT molecular complexity index is 1110. The third kappa shape index (κ3) is 5.56. The van der Waals surface area contributed by atoms with Crippen LogP contribution in [0.1, 0.15) is 25.6 Å². The molecule has 0 aliphatic rings. The van der Waals surface area contributed by atoms with Gasteiger partial charge in [-0.1, -0.05) is 39.4 Å². The highest BCUT2D eigenvalue weighted by atomic mass is 79.9. The maximum atomic E-state index is 12.3. The highest BCUT2D eigenvalue weighted by Crippen LogP contribution is 2.22. The molecular formula is C19H13BrN4O4S. The van der Waals surface area contributed by atoms with E-state index in [4.69, 9.17) is 0 Å². The van der Waals surface area contributed by atoms with Crippen LogP contribution in [0.25, 0.3) is 0 Å². The van der Waals surface area contributed by atoms with E-state index in [0.29, 0.717) is 21.7 Å². The average molecular weight is 473 g/mol. The normalized spacial score (nSPS) is 10.7. The van der Waals surface area contributed by atoms with Gasteiger partial charge in [-0.2, -0.15) is 5.10 Å². The molecule has 1 heterocycles. The van der Waals surface area contributed by atoms with Crippen molar-refractivity contribution in [1.82, 2.24) is 5.43 Å². The van der Waals surface area contributed by atoms with E-state index < -0.39 is 10.8 Å². The monoisotopic (exact) mass is 472 g/mol. The zero-order valence-electron chi connectivity index (χ0n) is 14.7. The van der Waals surface area contributed by atoms with E-state index in [1.165, 1.54) is 24.4 Å². The third-order valence-electron chi connectivity index (χ3n) is 3.62. The molecule has 2 aromatic carbocycles. The van der Waals surface area contributed by atoms with Crippen LogP contribution in [0.15, 0.2) is 70.2 Å². The van der Waals surface area contributed by atoms with Gasteiger partial charge in [0.15, 0.2) is 0 Å². The highest BCUT2D eigenvalue weighted by molar-refractivity contribution is 9.10. The lowest BCUT2D eigenvalue weighted by Gasteiger charge is -2.07. The second-order valence-electron chi connectivity index (χ2n) is 5.68. The van der Waals surface area contributed by atoms with E-state index in [1.54, 1.807) is 36.4 Å². The minimum atomic E-state index is -0.492. The van der Waals surface area contributed by atoms with Crippen LogP contribution in [-0.4, -0.2) is 23.0 Å². The molecular weight excluding hydrogens is 460 g/mol. The summed E-state index contributed by atoms with van der Waals surface area (Å²) in [5.41, 5.74) is 3.59. The summed E-state index contributed by atoms with van der Waals surface area (Å²) in [4.78, 5) is 35.3. The SMILES string of the molecule is O=C(N/N=C/c1ccc([N+](=O)[O-])s1)c1cccc(NC(=O)c2cccc(Br)c2)c1. The van der Waals surface area contributed by atoms with Gasteiger partial charge in [0.1, 0.15) is 0 Å². The van der Waals surface area contributed by atoms with Gasteiger partial charge in [0.2, 0.25) is 0 Å². The quantitative estimate of drug-likeness (QED) is 0.313. The van der Waals surface area contributed by atoms with Crippen molar-refractivity contribution >= 4 is 56.0 Å². The van der Waals surface area contributed by atoms with Crippen LogP contribution in [0.2, 0.25) is 0 Å². The molecule has 0 atom stereocenters. The summed E-state index contributed by atoms with van der Waals surface area (Å²) >= 11 is 4.26. The van der Waals surface area contributed by atoms with Crippen LogP contribution in [0.4, 0.5) is 10.7 Å². The van der Waals surface area contributed by atoms with Crippen LogP contribution in [-0.2, 0) is 0 Å². The Labute approximate surface area is 177 Å². The summed E-state index contributed by atoms with van der Waals surface area (Å²) in [5, 5.41) is 17.2. The number of halogens is 1. The molecule has 0 saturated heterocycles. The second kappa shape index (κ2) is 9.22. The molecule has 0 radical (unpaired) electrons. The number of carbonyl (C=O) groups is 2. The molecule has 2 N–H and O–H groups in total. The Morgan fingerprint density at radius 3 is 2.45 bits per heavy atom. The fraction of sp³-hybridized carbons (Fsp3) is 0. The number of anilines is 1. The number of nitrogens with zero attached hydrogens (tertiary/aromatic N) is 2. The lowest BCUT2D eigenvalue weighted by atomic mass is 10.1. The van der Waals surface area contributed by atoms with Gasteiger partial charge >= 0.3 is 5.00 Å². The van der Waals surface area contributed by atoms with E-state index in [2.05, 4.69) is 31.8 Å². The largest absolute Gasteiger partial charge is 0.324 e. The van der Waals surface area contributed by atoms with E-state index in [-0.39, 0.29) is 10.9 Å². The first-order valence-electron chi connectivity index (χ1n) is 8.17.